The van der Waals surface area contributed by atoms with E-state index in [4.69, 9.17) is 9.47 Å². The van der Waals surface area contributed by atoms with Gasteiger partial charge in [0, 0.05) is 25.2 Å². The fourth-order valence-electron chi connectivity index (χ4n) is 2.67. The van der Waals surface area contributed by atoms with Crippen molar-refractivity contribution in [1.29, 1.82) is 0 Å². The Morgan fingerprint density at radius 3 is 2.00 bits per heavy atom. The molecule has 1 aliphatic heterocycles. The lowest BCUT2D eigenvalue weighted by Gasteiger charge is -2.45. The van der Waals surface area contributed by atoms with Crippen LogP contribution in [0, 0.1) is 0 Å². The van der Waals surface area contributed by atoms with E-state index in [1.807, 2.05) is 46.4 Å². The molecule has 0 N–H and O–H groups in total. The minimum atomic E-state index is -0.507. The number of carbonyl (C=O) groups excluding carboxylic acids is 2. The van der Waals surface area contributed by atoms with Crippen molar-refractivity contribution in [2.24, 2.45) is 0 Å². The van der Waals surface area contributed by atoms with E-state index in [0.29, 0.717) is 13.1 Å². The number of rotatable bonds is 2. The Kier molecular flexibility index (Phi) is 5.61. The first kappa shape index (κ1) is 17.8. The summed E-state index contributed by atoms with van der Waals surface area (Å²) in [4.78, 5) is 27.8. The molecule has 0 radical (unpaired) electrons. The van der Waals surface area contributed by atoms with Crippen LogP contribution in [0.2, 0.25) is 0 Å². The third-order valence-electron chi connectivity index (χ3n) is 3.64. The van der Waals surface area contributed by atoms with E-state index < -0.39 is 5.60 Å². The smallest absolute Gasteiger partial charge is 0.410 e. The van der Waals surface area contributed by atoms with Crippen LogP contribution >= 0.6 is 0 Å². The highest BCUT2D eigenvalue weighted by Gasteiger charge is 2.38. The summed E-state index contributed by atoms with van der Waals surface area (Å²) in [5.41, 5.74) is -0.507. The Morgan fingerprint density at radius 2 is 1.62 bits per heavy atom. The highest BCUT2D eigenvalue weighted by atomic mass is 16.6. The molecule has 122 valence electrons. The van der Waals surface area contributed by atoms with Gasteiger partial charge in [-0.2, -0.15) is 0 Å². The molecule has 1 rings (SSSR count). The van der Waals surface area contributed by atoms with Gasteiger partial charge in [0.25, 0.3) is 0 Å². The molecule has 1 aliphatic rings. The lowest BCUT2D eigenvalue weighted by Crippen LogP contribution is -2.61. The van der Waals surface area contributed by atoms with E-state index in [2.05, 4.69) is 0 Å². The van der Waals surface area contributed by atoms with Crippen LogP contribution in [0.25, 0.3) is 0 Å². The average Bonchev–Trinajstić information content (AvgIpc) is 2.33. The second kappa shape index (κ2) is 6.64. The molecule has 1 fully saturated rings. The quantitative estimate of drug-likeness (QED) is 0.729. The Labute approximate surface area is 127 Å². The van der Waals surface area contributed by atoms with Crippen LogP contribution in [0.1, 0.15) is 41.5 Å². The first-order chi connectivity index (χ1) is 9.56. The maximum atomic E-state index is 12.3. The molecule has 1 heterocycles. The molecular weight excluding hydrogens is 272 g/mol. The molecule has 0 aromatic rings. The summed E-state index contributed by atoms with van der Waals surface area (Å²) in [6.07, 6.45) is -0.298. The third-order valence-corrected chi connectivity index (χ3v) is 3.64. The van der Waals surface area contributed by atoms with Gasteiger partial charge in [-0.25, -0.2) is 4.79 Å². The molecule has 3 atom stereocenters. The number of nitrogens with zero attached hydrogens (tertiary/aromatic N) is 2. The number of ether oxygens (including phenoxy) is 2. The number of methoxy groups -OCH3 is 1. The zero-order valence-corrected chi connectivity index (χ0v) is 14.2. The predicted molar refractivity (Wildman–Crippen MR) is 80.0 cm³/mol. The van der Waals surface area contributed by atoms with Crippen LogP contribution in [0.15, 0.2) is 0 Å². The minimum absolute atomic E-state index is 0.0179. The van der Waals surface area contributed by atoms with Crippen LogP contribution in [0.3, 0.4) is 0 Å². The SMILES string of the molecule is COC(=O)[C@H](C)N1C[C@@H](C)N(C(=O)OC(C)(C)C)[C@@H](C)C1. The van der Waals surface area contributed by atoms with E-state index in [1.165, 1.54) is 7.11 Å². The van der Waals surface area contributed by atoms with E-state index in [0.717, 1.165) is 0 Å². The van der Waals surface area contributed by atoms with Crippen molar-refractivity contribution in [2.75, 3.05) is 20.2 Å². The normalized spacial score (nSPS) is 25.4. The second-order valence-electron chi connectivity index (χ2n) is 6.74. The van der Waals surface area contributed by atoms with Crippen molar-refractivity contribution in [3.8, 4) is 0 Å². The molecule has 0 saturated carbocycles. The van der Waals surface area contributed by atoms with Gasteiger partial charge >= 0.3 is 12.1 Å². The number of esters is 1. The lowest BCUT2D eigenvalue weighted by molar-refractivity contribution is -0.147. The number of hydrogen-bond acceptors (Lipinski definition) is 5. The number of hydrogen-bond donors (Lipinski definition) is 0. The molecule has 1 saturated heterocycles. The van der Waals surface area contributed by atoms with Crippen molar-refractivity contribution in [3.05, 3.63) is 0 Å². The summed E-state index contributed by atoms with van der Waals surface area (Å²) in [7, 11) is 1.39. The highest BCUT2D eigenvalue weighted by molar-refractivity contribution is 5.75. The van der Waals surface area contributed by atoms with Gasteiger partial charge < -0.3 is 14.4 Å². The predicted octanol–water partition coefficient (Wildman–Crippen LogP) is 1.88. The van der Waals surface area contributed by atoms with Crippen LogP contribution < -0.4 is 0 Å². The monoisotopic (exact) mass is 300 g/mol. The first-order valence-electron chi connectivity index (χ1n) is 7.40. The lowest BCUT2D eigenvalue weighted by atomic mass is 10.1. The summed E-state index contributed by atoms with van der Waals surface area (Å²) >= 11 is 0. The molecular formula is C15H28N2O4. The minimum Gasteiger partial charge on any atom is -0.468 e. The van der Waals surface area contributed by atoms with Crippen LogP contribution in [0.4, 0.5) is 4.79 Å². The summed E-state index contributed by atoms with van der Waals surface area (Å²) in [6, 6.07) is -0.341. The Morgan fingerprint density at radius 1 is 1.14 bits per heavy atom. The maximum Gasteiger partial charge on any atom is 0.410 e. The molecule has 0 aromatic carbocycles. The molecule has 0 aliphatic carbocycles. The molecule has 1 amide bonds. The fourth-order valence-corrected chi connectivity index (χ4v) is 2.67. The van der Waals surface area contributed by atoms with Crippen LogP contribution in [0.5, 0.6) is 0 Å². The van der Waals surface area contributed by atoms with E-state index in [9.17, 15) is 9.59 Å². The number of carbonyl (C=O) groups is 2. The topological polar surface area (TPSA) is 59.1 Å². The van der Waals surface area contributed by atoms with Crippen LogP contribution in [-0.2, 0) is 14.3 Å². The van der Waals surface area contributed by atoms with Gasteiger partial charge in [0.1, 0.15) is 11.6 Å². The van der Waals surface area contributed by atoms with Crippen molar-refractivity contribution in [1.82, 2.24) is 9.80 Å². The van der Waals surface area contributed by atoms with Gasteiger partial charge in [0.05, 0.1) is 7.11 Å². The fraction of sp³-hybridized carbons (Fsp3) is 0.867. The summed E-state index contributed by atoms with van der Waals surface area (Å²) in [6.45, 7) is 12.6. The molecule has 6 nitrogen and oxygen atoms in total. The number of piperazine rings is 1. The van der Waals surface area contributed by atoms with E-state index in [1.54, 1.807) is 4.90 Å². The van der Waals surface area contributed by atoms with Gasteiger partial charge in [0.15, 0.2) is 0 Å². The molecule has 6 heteroatoms. The van der Waals surface area contributed by atoms with Crippen molar-refractivity contribution in [3.63, 3.8) is 0 Å². The molecule has 21 heavy (non-hydrogen) atoms. The molecule has 0 aromatic heterocycles. The second-order valence-corrected chi connectivity index (χ2v) is 6.74. The molecule has 0 unspecified atom stereocenters. The van der Waals surface area contributed by atoms with Crippen LogP contribution in [-0.4, -0.2) is 65.8 Å². The Hall–Kier alpha value is -1.30. The van der Waals surface area contributed by atoms with Crippen molar-refractivity contribution >= 4 is 12.1 Å². The van der Waals surface area contributed by atoms with Crippen molar-refractivity contribution < 1.29 is 19.1 Å². The standard InChI is InChI=1S/C15H28N2O4/c1-10-8-16(12(3)13(18)20-7)9-11(2)17(10)14(19)21-15(4,5)6/h10-12H,8-9H2,1-7H3/t10-,11+,12-/m0/s1. The summed E-state index contributed by atoms with van der Waals surface area (Å²) in [5, 5.41) is 0. The number of amides is 1. The zero-order valence-electron chi connectivity index (χ0n) is 14.2. The molecule has 0 bridgehead atoms. The van der Waals surface area contributed by atoms with Gasteiger partial charge in [0.2, 0.25) is 0 Å². The van der Waals surface area contributed by atoms with Gasteiger partial charge in [-0.3, -0.25) is 9.69 Å². The first-order valence-corrected chi connectivity index (χ1v) is 7.40. The van der Waals surface area contributed by atoms with E-state index >= 15 is 0 Å². The highest BCUT2D eigenvalue weighted by Crippen LogP contribution is 2.21. The molecule has 0 spiro atoms. The largest absolute Gasteiger partial charge is 0.468 e. The maximum absolute atomic E-state index is 12.3. The zero-order chi connectivity index (χ0) is 16.4. The van der Waals surface area contributed by atoms with Gasteiger partial charge in [-0.15, -0.1) is 0 Å². The third kappa shape index (κ3) is 4.59. The average molecular weight is 300 g/mol. The van der Waals surface area contributed by atoms with Crippen molar-refractivity contribution in [2.45, 2.75) is 65.3 Å². The Bertz CT molecular complexity index is 380. The Balaban J connectivity index is 2.74. The van der Waals surface area contributed by atoms with E-state index in [-0.39, 0.29) is 30.2 Å². The summed E-state index contributed by atoms with van der Waals surface area (Å²) in [5.74, 6) is -0.250. The summed E-state index contributed by atoms with van der Waals surface area (Å²) < 4.78 is 10.2. The van der Waals surface area contributed by atoms with Gasteiger partial charge in [-0.05, 0) is 41.5 Å². The van der Waals surface area contributed by atoms with Gasteiger partial charge in [-0.1, -0.05) is 0 Å².